The molecular formula is C31H36N4O3. The quantitative estimate of drug-likeness (QED) is 0.343. The van der Waals surface area contributed by atoms with Gasteiger partial charge in [-0.15, -0.1) is 0 Å². The number of amides is 2. The lowest BCUT2D eigenvalue weighted by Crippen LogP contribution is -2.43. The van der Waals surface area contributed by atoms with Gasteiger partial charge in [0, 0.05) is 43.6 Å². The molecule has 4 rings (SSSR count). The number of para-hydroxylation sites is 1. The van der Waals surface area contributed by atoms with Gasteiger partial charge in [0.15, 0.2) is 0 Å². The minimum Gasteiger partial charge on any atom is -0.494 e. The Hall–Kier alpha value is -3.94. The summed E-state index contributed by atoms with van der Waals surface area (Å²) in [4.78, 5) is 20.6. The number of nitrogens with zero attached hydrogens (tertiary/aromatic N) is 2. The fourth-order valence-corrected chi connectivity index (χ4v) is 4.80. The molecule has 2 N–H and O–H groups in total. The number of urea groups is 1. The van der Waals surface area contributed by atoms with Crippen LogP contribution in [-0.2, 0) is 4.74 Å². The van der Waals surface area contributed by atoms with Gasteiger partial charge in [0.25, 0.3) is 0 Å². The van der Waals surface area contributed by atoms with E-state index in [4.69, 9.17) is 14.5 Å². The summed E-state index contributed by atoms with van der Waals surface area (Å²) in [5.41, 5.74) is 3.95. The maximum atomic E-state index is 13.4. The number of likely N-dealkylation sites (tertiary alicyclic amines) is 1. The summed E-state index contributed by atoms with van der Waals surface area (Å²) >= 11 is 0. The third-order valence-electron chi connectivity index (χ3n) is 6.74. The molecule has 2 amide bonds. The molecule has 0 unspecified atom stereocenters. The van der Waals surface area contributed by atoms with Crippen molar-refractivity contribution in [3.05, 3.63) is 91.1 Å². The highest BCUT2D eigenvalue weighted by Crippen LogP contribution is 2.33. The first-order chi connectivity index (χ1) is 18.5. The van der Waals surface area contributed by atoms with Gasteiger partial charge in [0.2, 0.25) is 0 Å². The third-order valence-corrected chi connectivity index (χ3v) is 6.74. The normalized spacial score (nSPS) is 17.9. The second-order valence-corrected chi connectivity index (χ2v) is 9.31. The molecule has 1 aliphatic rings. The van der Waals surface area contributed by atoms with Crippen molar-refractivity contribution in [1.29, 1.82) is 0 Å². The summed E-state index contributed by atoms with van der Waals surface area (Å²) in [5, 5.41) is 7.17. The molecule has 1 saturated heterocycles. The Morgan fingerprint density at radius 1 is 1.13 bits per heavy atom. The van der Waals surface area contributed by atoms with Crippen LogP contribution in [0.2, 0.25) is 0 Å². The Bertz CT molecular complexity index is 1320. The minimum atomic E-state index is -0.278. The molecule has 2 heterocycles. The largest absolute Gasteiger partial charge is 0.494 e. The van der Waals surface area contributed by atoms with E-state index in [0.717, 1.165) is 41.7 Å². The maximum Gasteiger partial charge on any atom is 0.319 e. The van der Waals surface area contributed by atoms with E-state index >= 15 is 0 Å². The summed E-state index contributed by atoms with van der Waals surface area (Å²) < 4.78 is 10.8. The van der Waals surface area contributed by atoms with Crippen LogP contribution in [0, 0.1) is 5.92 Å². The van der Waals surface area contributed by atoms with E-state index in [0.29, 0.717) is 23.7 Å². The van der Waals surface area contributed by atoms with E-state index in [1.54, 1.807) is 14.2 Å². The zero-order valence-electron chi connectivity index (χ0n) is 22.3. The Kier molecular flexibility index (Phi) is 9.30. The van der Waals surface area contributed by atoms with Crippen molar-refractivity contribution in [3.63, 3.8) is 0 Å². The highest BCUT2D eigenvalue weighted by molar-refractivity contribution is 5.99. The number of aromatic nitrogens is 1. The van der Waals surface area contributed by atoms with Crippen LogP contribution >= 0.6 is 0 Å². The Morgan fingerprint density at radius 3 is 2.68 bits per heavy atom. The van der Waals surface area contributed by atoms with Crippen LogP contribution in [0.25, 0.3) is 22.2 Å². The van der Waals surface area contributed by atoms with Crippen molar-refractivity contribution in [2.45, 2.75) is 13.0 Å². The zero-order chi connectivity index (χ0) is 26.9. The summed E-state index contributed by atoms with van der Waals surface area (Å²) in [6.07, 6.45) is 7.96. The zero-order valence-corrected chi connectivity index (χ0v) is 22.3. The van der Waals surface area contributed by atoms with Crippen LogP contribution in [-0.4, -0.2) is 62.4 Å². The fourth-order valence-electron chi connectivity index (χ4n) is 4.80. The van der Waals surface area contributed by atoms with Crippen molar-refractivity contribution in [3.8, 4) is 17.0 Å². The van der Waals surface area contributed by atoms with Crippen LogP contribution in [0.1, 0.15) is 6.92 Å². The molecule has 38 heavy (non-hydrogen) atoms. The smallest absolute Gasteiger partial charge is 0.319 e. The maximum absolute atomic E-state index is 13.4. The first-order valence-corrected chi connectivity index (χ1v) is 12.8. The van der Waals surface area contributed by atoms with Gasteiger partial charge in [0.1, 0.15) is 11.3 Å². The van der Waals surface area contributed by atoms with Gasteiger partial charge in [-0.25, -0.2) is 9.78 Å². The summed E-state index contributed by atoms with van der Waals surface area (Å²) in [7, 11) is 3.33. The standard InChI is InChI=1S/C31H36N4O3/c1-5-6-8-12-22(2)25-20-35(17-18-37-3)21-27(25)33-31(36)32-26-19-24-15-11-16-28(38-4)30(24)34-29(26)23-13-9-7-10-14-23/h5-16,19,25,27H,2,17-18,20-21H2,1,3-4H3,(H2,32,33,36)/b6-5-,12-8-/t25-,27+/m0/s1. The van der Waals surface area contributed by atoms with Gasteiger partial charge in [-0.3, -0.25) is 4.90 Å². The summed E-state index contributed by atoms with van der Waals surface area (Å²) in [6, 6.07) is 17.2. The van der Waals surface area contributed by atoms with Crippen molar-refractivity contribution in [2.24, 2.45) is 5.92 Å². The molecule has 1 aliphatic heterocycles. The number of hydrogen-bond acceptors (Lipinski definition) is 5. The van der Waals surface area contributed by atoms with Crippen molar-refractivity contribution in [2.75, 3.05) is 45.8 Å². The van der Waals surface area contributed by atoms with Crippen molar-refractivity contribution >= 4 is 22.6 Å². The molecule has 3 aromatic rings. The van der Waals surface area contributed by atoms with Gasteiger partial charge in [0.05, 0.1) is 31.1 Å². The number of anilines is 1. The number of fused-ring (bicyclic) bond motifs is 1. The number of nitrogens with one attached hydrogen (secondary N) is 2. The number of rotatable bonds is 10. The highest BCUT2D eigenvalue weighted by atomic mass is 16.5. The second kappa shape index (κ2) is 13.0. The Balaban J connectivity index is 1.60. The predicted octanol–water partition coefficient (Wildman–Crippen LogP) is 5.67. The van der Waals surface area contributed by atoms with Crippen molar-refractivity contribution in [1.82, 2.24) is 15.2 Å². The number of pyridine rings is 1. The monoisotopic (exact) mass is 512 g/mol. The molecule has 7 nitrogen and oxygen atoms in total. The Labute approximate surface area is 224 Å². The molecular weight excluding hydrogens is 476 g/mol. The molecule has 0 spiro atoms. The number of benzene rings is 2. The van der Waals surface area contributed by atoms with Crippen LogP contribution < -0.4 is 15.4 Å². The molecule has 1 aromatic heterocycles. The van der Waals surface area contributed by atoms with E-state index in [1.807, 2.05) is 85.8 Å². The molecule has 0 saturated carbocycles. The highest BCUT2D eigenvalue weighted by Gasteiger charge is 2.34. The number of carbonyl (C=O) groups is 1. The molecule has 2 aromatic carbocycles. The van der Waals surface area contributed by atoms with Gasteiger partial charge in [-0.05, 0) is 24.6 Å². The van der Waals surface area contributed by atoms with Crippen molar-refractivity contribution < 1.29 is 14.3 Å². The number of methoxy groups -OCH3 is 2. The van der Waals surface area contributed by atoms with Crippen LogP contribution in [0.5, 0.6) is 5.75 Å². The predicted molar refractivity (Wildman–Crippen MR) is 155 cm³/mol. The molecule has 2 atom stereocenters. The minimum absolute atomic E-state index is 0.0895. The Morgan fingerprint density at radius 2 is 1.95 bits per heavy atom. The third kappa shape index (κ3) is 6.49. The summed E-state index contributed by atoms with van der Waals surface area (Å²) in [6.45, 7) is 9.24. The van der Waals surface area contributed by atoms with E-state index in [-0.39, 0.29) is 18.0 Å². The molecule has 198 valence electrons. The van der Waals surface area contributed by atoms with Crippen LogP contribution in [0.4, 0.5) is 10.5 Å². The first-order valence-electron chi connectivity index (χ1n) is 12.8. The molecule has 7 heteroatoms. The van der Waals surface area contributed by atoms with E-state index in [1.165, 1.54) is 0 Å². The van der Waals surface area contributed by atoms with E-state index < -0.39 is 0 Å². The van der Waals surface area contributed by atoms with Gasteiger partial charge in [-0.1, -0.05) is 73.3 Å². The molecule has 0 bridgehead atoms. The number of ether oxygens (including phenoxy) is 2. The van der Waals surface area contributed by atoms with Gasteiger partial charge < -0.3 is 20.1 Å². The lowest BCUT2D eigenvalue weighted by molar-refractivity contribution is 0.159. The van der Waals surface area contributed by atoms with Crippen LogP contribution in [0.15, 0.2) is 91.1 Å². The topological polar surface area (TPSA) is 75.7 Å². The number of allylic oxidation sites excluding steroid dienone is 4. The lowest BCUT2D eigenvalue weighted by Gasteiger charge is -2.21. The average molecular weight is 513 g/mol. The fraction of sp³-hybridized carbons (Fsp3) is 0.290. The number of hydrogen-bond donors (Lipinski definition) is 2. The van der Waals surface area contributed by atoms with E-state index in [2.05, 4.69) is 22.1 Å². The lowest BCUT2D eigenvalue weighted by atomic mass is 9.95. The second-order valence-electron chi connectivity index (χ2n) is 9.31. The number of carbonyl (C=O) groups excluding carboxylic acids is 1. The summed E-state index contributed by atoms with van der Waals surface area (Å²) in [5.74, 6) is 0.775. The molecule has 0 radical (unpaired) electrons. The van der Waals surface area contributed by atoms with Gasteiger partial charge >= 0.3 is 6.03 Å². The first kappa shape index (κ1) is 27.1. The van der Waals surface area contributed by atoms with Gasteiger partial charge in [-0.2, -0.15) is 0 Å². The van der Waals surface area contributed by atoms with E-state index in [9.17, 15) is 4.79 Å². The molecule has 0 aliphatic carbocycles. The van der Waals surface area contributed by atoms with Crippen LogP contribution in [0.3, 0.4) is 0 Å². The average Bonchev–Trinajstić information content (AvgIpc) is 3.33. The molecule has 1 fully saturated rings. The SMILES string of the molecule is C=C(/C=C\C=C/C)[C@@H]1CN(CCOC)C[C@H]1NC(=O)Nc1cc2cccc(OC)c2nc1-c1ccccc1.